The molecule has 5 nitrogen and oxygen atoms in total. The van der Waals surface area contributed by atoms with E-state index in [4.69, 9.17) is 9.47 Å². The van der Waals surface area contributed by atoms with Gasteiger partial charge in [0.05, 0.1) is 26.7 Å². The van der Waals surface area contributed by atoms with Crippen molar-refractivity contribution in [3.8, 4) is 5.75 Å². The number of rotatable bonds is 6. The first-order valence-electron chi connectivity index (χ1n) is 8.95. The summed E-state index contributed by atoms with van der Waals surface area (Å²) in [6.45, 7) is 4.01. The molecule has 1 aliphatic heterocycles. The normalized spacial score (nSPS) is 14.2. The van der Waals surface area contributed by atoms with Crippen LogP contribution in [0, 0.1) is 0 Å². The summed E-state index contributed by atoms with van der Waals surface area (Å²) in [6.07, 6.45) is 0.340. The highest BCUT2D eigenvalue weighted by atomic mass is 16.5. The summed E-state index contributed by atoms with van der Waals surface area (Å²) >= 11 is 0. The molecule has 1 saturated heterocycles. The molecule has 0 saturated carbocycles. The van der Waals surface area contributed by atoms with Crippen LogP contribution in [0.4, 0.5) is 5.69 Å². The molecule has 3 rings (SSSR count). The van der Waals surface area contributed by atoms with E-state index in [2.05, 4.69) is 29.2 Å². The molecule has 0 aromatic heterocycles. The Kier molecular flexibility index (Phi) is 6.12. The van der Waals surface area contributed by atoms with Crippen LogP contribution in [0.25, 0.3) is 0 Å². The van der Waals surface area contributed by atoms with Gasteiger partial charge in [0.2, 0.25) is 5.91 Å². The minimum Gasteiger partial charge on any atom is -0.496 e. The molecule has 1 aliphatic rings. The molecule has 0 spiro atoms. The van der Waals surface area contributed by atoms with Crippen molar-refractivity contribution in [1.29, 1.82) is 0 Å². The summed E-state index contributed by atoms with van der Waals surface area (Å²) in [7, 11) is 3.47. The van der Waals surface area contributed by atoms with E-state index in [1.54, 1.807) is 12.0 Å². The third kappa shape index (κ3) is 4.55. The maximum absolute atomic E-state index is 12.5. The fourth-order valence-corrected chi connectivity index (χ4v) is 3.14. The summed E-state index contributed by atoms with van der Waals surface area (Å²) in [4.78, 5) is 16.6. The lowest BCUT2D eigenvalue weighted by molar-refractivity contribution is -0.129. The lowest BCUT2D eigenvalue weighted by atomic mass is 10.1. The highest BCUT2D eigenvalue weighted by Crippen LogP contribution is 2.20. The van der Waals surface area contributed by atoms with Crippen LogP contribution < -0.4 is 9.64 Å². The summed E-state index contributed by atoms with van der Waals surface area (Å²) in [6, 6.07) is 16.1. The van der Waals surface area contributed by atoms with Gasteiger partial charge >= 0.3 is 0 Å². The first-order valence-corrected chi connectivity index (χ1v) is 8.95. The quantitative estimate of drug-likeness (QED) is 0.800. The molecule has 5 heteroatoms. The van der Waals surface area contributed by atoms with E-state index in [0.29, 0.717) is 13.0 Å². The van der Waals surface area contributed by atoms with Crippen LogP contribution in [0.2, 0.25) is 0 Å². The Labute approximate surface area is 155 Å². The smallest absolute Gasteiger partial charge is 0.227 e. The zero-order chi connectivity index (χ0) is 18.4. The lowest BCUT2D eigenvalue weighted by Gasteiger charge is -2.29. The number of carbonyl (C=O) groups is 1. The first kappa shape index (κ1) is 18.3. The van der Waals surface area contributed by atoms with Gasteiger partial charge in [0.25, 0.3) is 0 Å². The monoisotopic (exact) mass is 354 g/mol. The molecule has 2 aromatic carbocycles. The number of amides is 1. The van der Waals surface area contributed by atoms with Crippen LogP contribution in [0.1, 0.15) is 11.1 Å². The molecule has 1 heterocycles. The van der Waals surface area contributed by atoms with E-state index >= 15 is 0 Å². The van der Waals surface area contributed by atoms with Crippen molar-refractivity contribution in [3.05, 3.63) is 59.7 Å². The number of methoxy groups -OCH3 is 1. The summed E-state index contributed by atoms with van der Waals surface area (Å²) in [5, 5.41) is 0. The van der Waals surface area contributed by atoms with Crippen LogP contribution in [0.5, 0.6) is 5.75 Å². The van der Waals surface area contributed by atoms with Gasteiger partial charge < -0.3 is 19.3 Å². The largest absolute Gasteiger partial charge is 0.496 e. The van der Waals surface area contributed by atoms with Gasteiger partial charge in [0.1, 0.15) is 5.75 Å². The molecule has 0 bridgehead atoms. The third-order valence-electron chi connectivity index (χ3n) is 4.69. The number of hydrogen-bond donors (Lipinski definition) is 0. The Morgan fingerprint density at radius 1 is 1.12 bits per heavy atom. The molecule has 0 N–H and O–H groups in total. The van der Waals surface area contributed by atoms with Gasteiger partial charge in [0, 0.05) is 37.9 Å². The molecule has 138 valence electrons. The second-order valence-electron chi connectivity index (χ2n) is 6.50. The molecule has 2 aromatic rings. The molecular formula is C21H26N2O3. The number of ether oxygens (including phenoxy) is 2. The number of benzene rings is 2. The van der Waals surface area contributed by atoms with Gasteiger partial charge in [-0.05, 0) is 23.8 Å². The molecule has 1 fully saturated rings. The van der Waals surface area contributed by atoms with E-state index in [9.17, 15) is 4.79 Å². The zero-order valence-corrected chi connectivity index (χ0v) is 15.5. The molecule has 0 atom stereocenters. The molecule has 0 aliphatic carbocycles. The summed E-state index contributed by atoms with van der Waals surface area (Å²) < 4.78 is 10.7. The van der Waals surface area contributed by atoms with Crippen molar-refractivity contribution in [2.24, 2.45) is 0 Å². The second kappa shape index (κ2) is 8.72. The molecule has 0 radical (unpaired) electrons. The molecular weight excluding hydrogens is 328 g/mol. The van der Waals surface area contributed by atoms with Crippen LogP contribution in [-0.2, 0) is 22.5 Å². The number of nitrogens with zero attached hydrogens (tertiary/aromatic N) is 2. The number of hydrogen-bond acceptors (Lipinski definition) is 4. The van der Waals surface area contributed by atoms with E-state index < -0.39 is 0 Å². The number of anilines is 1. The Morgan fingerprint density at radius 2 is 1.81 bits per heavy atom. The number of carbonyl (C=O) groups excluding carboxylic acids is 1. The van der Waals surface area contributed by atoms with Gasteiger partial charge in [-0.3, -0.25) is 4.79 Å². The first-order chi connectivity index (χ1) is 12.7. The number of likely N-dealkylation sites (N-methyl/N-ethyl adjacent to an activating group) is 1. The van der Waals surface area contributed by atoms with Crippen LogP contribution in [0.15, 0.2) is 48.5 Å². The van der Waals surface area contributed by atoms with Crippen molar-refractivity contribution in [3.63, 3.8) is 0 Å². The minimum absolute atomic E-state index is 0.0757. The predicted molar refractivity (Wildman–Crippen MR) is 103 cm³/mol. The van der Waals surface area contributed by atoms with E-state index in [1.165, 1.54) is 5.69 Å². The van der Waals surface area contributed by atoms with Crippen molar-refractivity contribution < 1.29 is 14.3 Å². The van der Waals surface area contributed by atoms with Crippen molar-refractivity contribution >= 4 is 11.6 Å². The van der Waals surface area contributed by atoms with Gasteiger partial charge in [-0.15, -0.1) is 0 Å². The highest BCUT2D eigenvalue weighted by Gasteiger charge is 2.14. The third-order valence-corrected chi connectivity index (χ3v) is 4.69. The average Bonchev–Trinajstić information content (AvgIpc) is 2.69. The SMILES string of the molecule is COc1ccccc1CC(=O)N(C)Cc1ccc(N2CCOCC2)cc1. The van der Waals surface area contributed by atoms with E-state index in [-0.39, 0.29) is 5.91 Å². The summed E-state index contributed by atoms with van der Waals surface area (Å²) in [5.41, 5.74) is 3.24. The van der Waals surface area contributed by atoms with Crippen molar-refractivity contribution in [2.45, 2.75) is 13.0 Å². The van der Waals surface area contributed by atoms with Crippen molar-refractivity contribution in [2.75, 3.05) is 45.4 Å². The van der Waals surface area contributed by atoms with Crippen LogP contribution in [-0.4, -0.2) is 51.3 Å². The lowest BCUT2D eigenvalue weighted by Crippen LogP contribution is -2.36. The Bertz CT molecular complexity index is 724. The van der Waals surface area contributed by atoms with Crippen LogP contribution >= 0.6 is 0 Å². The van der Waals surface area contributed by atoms with E-state index in [1.807, 2.05) is 31.3 Å². The van der Waals surface area contributed by atoms with E-state index in [0.717, 1.165) is 43.2 Å². The maximum Gasteiger partial charge on any atom is 0.227 e. The van der Waals surface area contributed by atoms with Gasteiger partial charge in [0.15, 0.2) is 0 Å². The Hall–Kier alpha value is -2.53. The Balaban J connectivity index is 1.58. The van der Waals surface area contributed by atoms with Crippen molar-refractivity contribution in [1.82, 2.24) is 4.90 Å². The number of morpholine rings is 1. The minimum atomic E-state index is 0.0757. The Morgan fingerprint density at radius 3 is 2.50 bits per heavy atom. The number of para-hydroxylation sites is 1. The maximum atomic E-state index is 12.5. The topological polar surface area (TPSA) is 42.0 Å². The van der Waals surface area contributed by atoms with Crippen LogP contribution in [0.3, 0.4) is 0 Å². The molecule has 1 amide bonds. The predicted octanol–water partition coefficient (Wildman–Crippen LogP) is 2.73. The highest BCUT2D eigenvalue weighted by molar-refractivity contribution is 5.79. The molecule has 26 heavy (non-hydrogen) atoms. The summed E-state index contributed by atoms with van der Waals surface area (Å²) in [5.74, 6) is 0.830. The second-order valence-corrected chi connectivity index (χ2v) is 6.50. The standard InChI is InChI=1S/C21H26N2O3/c1-22(21(24)15-18-5-3-4-6-20(18)25-2)16-17-7-9-19(10-8-17)23-11-13-26-14-12-23/h3-10H,11-16H2,1-2H3. The zero-order valence-electron chi connectivity index (χ0n) is 15.5. The average molecular weight is 354 g/mol. The van der Waals surface area contributed by atoms with Gasteiger partial charge in [-0.2, -0.15) is 0 Å². The fraction of sp³-hybridized carbons (Fsp3) is 0.381. The van der Waals surface area contributed by atoms with Gasteiger partial charge in [-0.25, -0.2) is 0 Å². The fourth-order valence-electron chi connectivity index (χ4n) is 3.14. The molecule has 0 unspecified atom stereocenters. The van der Waals surface area contributed by atoms with Gasteiger partial charge in [-0.1, -0.05) is 30.3 Å².